The number of aliphatic carboxylic acids is 1. The average Bonchev–Trinajstić information content (AvgIpc) is 2.91. The number of Topliss-reactive ketones (excluding diaryl/α,β-unsaturated/α-hetero) is 1. The average molecular weight is 334 g/mol. The van der Waals surface area contributed by atoms with E-state index in [0.29, 0.717) is 25.4 Å². The number of carboxylic acids is 1. The highest BCUT2D eigenvalue weighted by atomic mass is 16.5. The number of carbonyl (C=O) groups excluding carboxylic acids is 1. The molecule has 134 valence electrons. The van der Waals surface area contributed by atoms with E-state index in [1.165, 1.54) is 37.7 Å². The molecule has 24 heavy (non-hydrogen) atoms. The second-order valence-corrected chi connectivity index (χ2v) is 6.94. The van der Waals surface area contributed by atoms with Gasteiger partial charge in [-0.3, -0.25) is 9.59 Å². The lowest BCUT2D eigenvalue weighted by Crippen LogP contribution is -2.15. The van der Waals surface area contributed by atoms with Gasteiger partial charge < -0.3 is 9.84 Å². The van der Waals surface area contributed by atoms with Crippen LogP contribution >= 0.6 is 0 Å². The summed E-state index contributed by atoms with van der Waals surface area (Å²) in [5, 5.41) is 8.72. The van der Waals surface area contributed by atoms with Crippen molar-refractivity contribution in [2.45, 2.75) is 77.6 Å². The van der Waals surface area contributed by atoms with Gasteiger partial charge in [0.15, 0.2) is 5.78 Å². The Morgan fingerprint density at radius 3 is 2.75 bits per heavy atom. The molecule has 2 aliphatic carbocycles. The smallest absolute Gasteiger partial charge is 0.303 e. The van der Waals surface area contributed by atoms with Crippen molar-refractivity contribution in [2.24, 2.45) is 5.92 Å². The number of ketones is 1. The summed E-state index contributed by atoms with van der Waals surface area (Å²) in [5.74, 6) is 0.712. The van der Waals surface area contributed by atoms with Crippen LogP contribution in [-0.2, 0) is 14.3 Å². The monoisotopic (exact) mass is 334 g/mol. The van der Waals surface area contributed by atoms with E-state index in [9.17, 15) is 9.59 Å². The Kier molecular flexibility index (Phi) is 7.54. The van der Waals surface area contributed by atoms with Crippen LogP contribution in [0.2, 0.25) is 0 Å². The van der Waals surface area contributed by atoms with Crippen LogP contribution in [0.5, 0.6) is 0 Å². The molecule has 0 radical (unpaired) electrons. The lowest BCUT2D eigenvalue weighted by molar-refractivity contribution is -0.137. The van der Waals surface area contributed by atoms with Gasteiger partial charge in [0.05, 0.1) is 6.61 Å². The molecule has 1 atom stereocenters. The molecule has 0 fully saturated rings. The predicted octanol–water partition coefficient (Wildman–Crippen LogP) is 4.79. The van der Waals surface area contributed by atoms with Crippen LogP contribution < -0.4 is 0 Å². The van der Waals surface area contributed by atoms with Gasteiger partial charge >= 0.3 is 5.97 Å². The molecular formula is C20H30O4. The van der Waals surface area contributed by atoms with E-state index in [-0.39, 0.29) is 12.2 Å². The number of unbranched alkanes of at least 4 members (excludes halogenated alkanes) is 4. The molecule has 0 spiro atoms. The Balaban J connectivity index is 1.89. The molecule has 0 aromatic carbocycles. The van der Waals surface area contributed by atoms with Crippen molar-refractivity contribution < 1.29 is 19.4 Å². The third-order valence-corrected chi connectivity index (χ3v) is 4.98. The highest BCUT2D eigenvalue weighted by Gasteiger charge is 2.30. The van der Waals surface area contributed by atoms with Gasteiger partial charge in [0.1, 0.15) is 5.76 Å². The Morgan fingerprint density at radius 1 is 1.21 bits per heavy atom. The van der Waals surface area contributed by atoms with Crippen LogP contribution in [0.1, 0.15) is 77.6 Å². The van der Waals surface area contributed by atoms with Crippen molar-refractivity contribution in [2.75, 3.05) is 6.61 Å². The first-order valence-corrected chi connectivity index (χ1v) is 9.43. The fourth-order valence-electron chi connectivity index (χ4n) is 3.60. The Bertz CT molecular complexity index is 516. The summed E-state index contributed by atoms with van der Waals surface area (Å²) < 4.78 is 5.89. The van der Waals surface area contributed by atoms with Crippen LogP contribution in [0, 0.1) is 5.92 Å². The highest BCUT2D eigenvalue weighted by Crippen LogP contribution is 2.39. The Hall–Kier alpha value is -1.58. The molecule has 2 rings (SSSR count). The second-order valence-electron chi connectivity index (χ2n) is 6.94. The standard InChI is InChI=1S/C20H30O4/c1-2-3-4-5-6-8-16-13-15-10-11-18(21)17(15)14-19(16)24-12-7-9-20(22)23/h14,16H,2-13H2,1H3,(H,22,23). The molecule has 0 amide bonds. The van der Waals surface area contributed by atoms with Gasteiger partial charge in [-0.15, -0.1) is 0 Å². The van der Waals surface area contributed by atoms with Crippen molar-refractivity contribution in [3.05, 3.63) is 23.0 Å². The van der Waals surface area contributed by atoms with Gasteiger partial charge in [-0.05, 0) is 31.8 Å². The maximum atomic E-state index is 12.0. The molecule has 0 saturated heterocycles. The first kappa shape index (κ1) is 18.8. The number of rotatable bonds is 11. The zero-order valence-electron chi connectivity index (χ0n) is 14.8. The molecule has 4 heteroatoms. The zero-order valence-corrected chi connectivity index (χ0v) is 14.8. The van der Waals surface area contributed by atoms with Crippen LogP contribution in [0.3, 0.4) is 0 Å². The highest BCUT2D eigenvalue weighted by molar-refractivity contribution is 6.01. The van der Waals surface area contributed by atoms with Crippen LogP contribution in [-0.4, -0.2) is 23.5 Å². The molecule has 1 unspecified atom stereocenters. The van der Waals surface area contributed by atoms with Gasteiger partial charge in [0, 0.05) is 24.3 Å². The number of carboxylic acid groups (broad SMARTS) is 1. The fourth-order valence-corrected chi connectivity index (χ4v) is 3.60. The third kappa shape index (κ3) is 5.50. The maximum absolute atomic E-state index is 12.0. The van der Waals surface area contributed by atoms with Crippen molar-refractivity contribution in [1.82, 2.24) is 0 Å². The molecule has 0 aromatic heterocycles. The lowest BCUT2D eigenvalue weighted by atomic mass is 9.85. The van der Waals surface area contributed by atoms with E-state index in [4.69, 9.17) is 9.84 Å². The van der Waals surface area contributed by atoms with Gasteiger partial charge in [-0.25, -0.2) is 0 Å². The summed E-state index contributed by atoms with van der Waals surface area (Å²) in [4.78, 5) is 22.6. The predicted molar refractivity (Wildman–Crippen MR) is 93.7 cm³/mol. The summed E-state index contributed by atoms with van der Waals surface area (Å²) in [6.07, 6.45) is 12.4. The lowest BCUT2D eigenvalue weighted by Gasteiger charge is -2.25. The van der Waals surface area contributed by atoms with E-state index < -0.39 is 5.97 Å². The third-order valence-electron chi connectivity index (χ3n) is 4.98. The number of allylic oxidation sites excluding steroid dienone is 4. The van der Waals surface area contributed by atoms with E-state index in [2.05, 4.69) is 6.92 Å². The minimum absolute atomic E-state index is 0.127. The van der Waals surface area contributed by atoms with Gasteiger partial charge in [-0.2, -0.15) is 0 Å². The summed E-state index contributed by atoms with van der Waals surface area (Å²) in [6.45, 7) is 2.64. The van der Waals surface area contributed by atoms with Crippen LogP contribution in [0.25, 0.3) is 0 Å². The first-order chi connectivity index (χ1) is 11.6. The molecule has 0 heterocycles. The normalized spacial score (nSPS) is 20.1. The summed E-state index contributed by atoms with van der Waals surface area (Å²) in [7, 11) is 0. The second kappa shape index (κ2) is 9.65. The van der Waals surface area contributed by atoms with Crippen LogP contribution in [0.4, 0.5) is 0 Å². The number of carbonyl (C=O) groups is 2. The molecular weight excluding hydrogens is 304 g/mol. The molecule has 4 nitrogen and oxygen atoms in total. The molecule has 1 N–H and O–H groups in total. The topological polar surface area (TPSA) is 63.6 Å². The molecule has 0 aromatic rings. The number of ether oxygens (including phenoxy) is 1. The minimum Gasteiger partial charge on any atom is -0.498 e. The Labute approximate surface area is 145 Å². The van der Waals surface area contributed by atoms with E-state index in [1.54, 1.807) is 0 Å². The van der Waals surface area contributed by atoms with E-state index in [1.807, 2.05) is 6.08 Å². The SMILES string of the molecule is CCCCCCCC1CC2=C(C=C1OCCCC(=O)O)C(=O)CC2. The van der Waals surface area contributed by atoms with E-state index >= 15 is 0 Å². The van der Waals surface area contributed by atoms with Crippen molar-refractivity contribution in [3.8, 4) is 0 Å². The summed E-state index contributed by atoms with van der Waals surface area (Å²) >= 11 is 0. The van der Waals surface area contributed by atoms with Crippen molar-refractivity contribution >= 4 is 11.8 Å². The Morgan fingerprint density at radius 2 is 2.00 bits per heavy atom. The van der Waals surface area contributed by atoms with Gasteiger partial charge in [0.2, 0.25) is 0 Å². The zero-order chi connectivity index (χ0) is 17.4. The maximum Gasteiger partial charge on any atom is 0.303 e. The van der Waals surface area contributed by atoms with Crippen LogP contribution in [0.15, 0.2) is 23.0 Å². The number of hydrogen-bond acceptors (Lipinski definition) is 3. The first-order valence-electron chi connectivity index (χ1n) is 9.43. The van der Waals surface area contributed by atoms with Gasteiger partial charge in [0.25, 0.3) is 0 Å². The minimum atomic E-state index is -0.792. The summed E-state index contributed by atoms with van der Waals surface area (Å²) in [5.41, 5.74) is 2.17. The molecule has 0 bridgehead atoms. The van der Waals surface area contributed by atoms with E-state index in [0.717, 1.165) is 30.6 Å². The molecule has 2 aliphatic rings. The largest absolute Gasteiger partial charge is 0.498 e. The molecule has 0 aliphatic heterocycles. The quantitative estimate of drug-likeness (QED) is 0.552. The number of hydrogen-bond donors (Lipinski definition) is 1. The molecule has 0 saturated carbocycles. The fraction of sp³-hybridized carbons (Fsp3) is 0.700. The summed E-state index contributed by atoms with van der Waals surface area (Å²) in [6, 6.07) is 0. The van der Waals surface area contributed by atoms with Gasteiger partial charge in [-0.1, -0.05) is 44.6 Å². The van der Waals surface area contributed by atoms with Crippen molar-refractivity contribution in [1.29, 1.82) is 0 Å². The van der Waals surface area contributed by atoms with Crippen molar-refractivity contribution in [3.63, 3.8) is 0 Å².